The summed E-state index contributed by atoms with van der Waals surface area (Å²) < 4.78 is 28.1. The predicted molar refractivity (Wildman–Crippen MR) is 145 cm³/mol. The van der Waals surface area contributed by atoms with Crippen LogP contribution >= 0.6 is 23.4 Å². The molecule has 196 valence electrons. The SMILES string of the molecule is CSc1c(C)nc(C(OC(=O)N(C(C)C)C(C)C)c2ccc(F)c(Cl)c2)n1COCC[Si](C)(C)C. The lowest BCUT2D eigenvalue weighted by molar-refractivity contribution is 0.0441. The lowest BCUT2D eigenvalue weighted by Crippen LogP contribution is -2.43. The Bertz CT molecular complexity index is 1000. The number of aryl methyl sites for hydroxylation is 1. The van der Waals surface area contributed by atoms with Crippen LogP contribution in [0.25, 0.3) is 0 Å². The van der Waals surface area contributed by atoms with E-state index in [1.807, 2.05) is 45.4 Å². The van der Waals surface area contributed by atoms with Gasteiger partial charge in [-0.25, -0.2) is 14.2 Å². The third kappa shape index (κ3) is 7.97. The maximum atomic E-state index is 14.0. The number of rotatable bonds is 11. The molecular formula is C25H39ClFN3O3SSi. The lowest BCUT2D eigenvalue weighted by atomic mass is 10.1. The van der Waals surface area contributed by atoms with Crippen LogP contribution in [0.5, 0.6) is 0 Å². The minimum atomic E-state index is -1.25. The molecule has 0 radical (unpaired) electrons. The Balaban J connectivity index is 2.52. The van der Waals surface area contributed by atoms with E-state index in [2.05, 4.69) is 19.6 Å². The second-order valence-corrected chi connectivity index (χ2v) is 17.2. The third-order valence-electron chi connectivity index (χ3n) is 5.55. The molecule has 1 aromatic carbocycles. The Morgan fingerprint density at radius 2 is 1.86 bits per heavy atom. The first-order valence-corrected chi connectivity index (χ1v) is 17.2. The minimum absolute atomic E-state index is 0.0422. The molecule has 6 nitrogen and oxygen atoms in total. The predicted octanol–water partition coefficient (Wildman–Crippen LogP) is 7.36. The summed E-state index contributed by atoms with van der Waals surface area (Å²) >= 11 is 7.67. The van der Waals surface area contributed by atoms with Crippen LogP contribution in [0.1, 0.15) is 50.9 Å². The molecule has 2 aromatic rings. The number of nitrogens with zero attached hydrogens (tertiary/aromatic N) is 3. The van der Waals surface area contributed by atoms with E-state index < -0.39 is 26.1 Å². The highest BCUT2D eigenvalue weighted by Crippen LogP contribution is 2.33. The quantitative estimate of drug-likeness (QED) is 0.168. The highest BCUT2D eigenvalue weighted by atomic mass is 35.5. The second-order valence-electron chi connectivity index (χ2n) is 10.4. The molecule has 2 rings (SSSR count). The van der Waals surface area contributed by atoms with E-state index in [9.17, 15) is 9.18 Å². The van der Waals surface area contributed by atoms with E-state index in [0.29, 0.717) is 18.0 Å². The number of carbonyl (C=O) groups is 1. The summed E-state index contributed by atoms with van der Waals surface area (Å²) in [4.78, 5) is 19.7. The minimum Gasteiger partial charge on any atom is -0.433 e. The van der Waals surface area contributed by atoms with Crippen LogP contribution in [0, 0.1) is 12.7 Å². The Morgan fingerprint density at radius 3 is 2.37 bits per heavy atom. The van der Waals surface area contributed by atoms with Crippen LogP contribution in [0.2, 0.25) is 30.7 Å². The van der Waals surface area contributed by atoms with Gasteiger partial charge in [-0.1, -0.05) is 37.3 Å². The molecule has 1 aromatic heterocycles. The van der Waals surface area contributed by atoms with Gasteiger partial charge in [0.2, 0.25) is 0 Å². The van der Waals surface area contributed by atoms with Gasteiger partial charge in [-0.2, -0.15) is 0 Å². The van der Waals surface area contributed by atoms with Crippen LogP contribution in [0.15, 0.2) is 23.2 Å². The first-order valence-electron chi connectivity index (χ1n) is 11.9. The van der Waals surface area contributed by atoms with Crippen LogP contribution < -0.4 is 0 Å². The number of thioether (sulfide) groups is 1. The Morgan fingerprint density at radius 1 is 1.23 bits per heavy atom. The first-order chi connectivity index (χ1) is 16.3. The molecule has 0 bridgehead atoms. The van der Waals surface area contributed by atoms with Crippen LogP contribution in [0.4, 0.5) is 9.18 Å². The van der Waals surface area contributed by atoms with Gasteiger partial charge in [-0.05, 0) is 59.1 Å². The maximum absolute atomic E-state index is 14.0. The molecule has 10 heteroatoms. The van der Waals surface area contributed by atoms with Crippen molar-refractivity contribution in [1.29, 1.82) is 0 Å². The number of carbonyl (C=O) groups excluding carboxylic acids is 1. The van der Waals surface area contributed by atoms with Gasteiger partial charge in [0.05, 0.1) is 15.7 Å². The van der Waals surface area contributed by atoms with Crippen molar-refractivity contribution in [3.8, 4) is 0 Å². The van der Waals surface area contributed by atoms with E-state index in [0.717, 1.165) is 16.8 Å². The molecule has 0 aliphatic rings. The average Bonchev–Trinajstić information content (AvgIpc) is 3.05. The van der Waals surface area contributed by atoms with Gasteiger partial charge >= 0.3 is 6.09 Å². The number of imidazole rings is 1. The summed E-state index contributed by atoms with van der Waals surface area (Å²) in [5.41, 5.74) is 1.35. The van der Waals surface area contributed by atoms with Crippen molar-refractivity contribution in [2.75, 3.05) is 12.9 Å². The van der Waals surface area contributed by atoms with Crippen LogP contribution in [0.3, 0.4) is 0 Å². The highest BCUT2D eigenvalue weighted by Gasteiger charge is 2.31. The number of aromatic nitrogens is 2. The second kappa shape index (κ2) is 12.6. The zero-order valence-corrected chi connectivity index (χ0v) is 24.9. The normalized spacial score (nSPS) is 12.9. The zero-order valence-electron chi connectivity index (χ0n) is 22.3. The molecular weight excluding hydrogens is 505 g/mol. The van der Waals surface area contributed by atoms with Gasteiger partial charge in [0, 0.05) is 32.3 Å². The van der Waals surface area contributed by atoms with E-state index in [1.54, 1.807) is 22.7 Å². The van der Waals surface area contributed by atoms with Gasteiger partial charge < -0.3 is 14.4 Å². The maximum Gasteiger partial charge on any atom is 0.411 e. The van der Waals surface area contributed by atoms with Crippen molar-refractivity contribution in [2.45, 2.75) is 90.2 Å². The molecule has 1 atom stereocenters. The molecule has 1 heterocycles. The smallest absolute Gasteiger partial charge is 0.411 e. The van der Waals surface area contributed by atoms with E-state index in [-0.39, 0.29) is 23.8 Å². The number of benzene rings is 1. The van der Waals surface area contributed by atoms with E-state index in [1.165, 1.54) is 12.1 Å². The number of hydrogen-bond acceptors (Lipinski definition) is 5. The topological polar surface area (TPSA) is 56.6 Å². The lowest BCUT2D eigenvalue weighted by Gasteiger charge is -2.31. The van der Waals surface area contributed by atoms with Crippen molar-refractivity contribution < 1.29 is 18.7 Å². The highest BCUT2D eigenvalue weighted by molar-refractivity contribution is 7.98. The standard InChI is InChI=1S/C25H39ClFN3O3SSi/c1-16(2)30(17(3)4)25(31)33-22(19-10-11-21(27)20(26)14-19)23-28-18(5)24(34-6)29(23)15-32-12-13-35(7,8)9/h10-11,14,16-17,22H,12-13,15H2,1-9H3. The number of amides is 1. The van der Waals surface area contributed by atoms with Crippen molar-refractivity contribution in [3.63, 3.8) is 0 Å². The summed E-state index contributed by atoms with van der Waals surface area (Å²) in [6.07, 6.45) is 0.611. The molecule has 0 spiro atoms. The summed E-state index contributed by atoms with van der Waals surface area (Å²) in [7, 11) is -1.25. The van der Waals surface area contributed by atoms with Crippen LogP contribution in [-0.4, -0.2) is 53.6 Å². The summed E-state index contributed by atoms with van der Waals surface area (Å²) in [6, 6.07) is 5.26. The molecule has 1 unspecified atom stereocenters. The van der Waals surface area contributed by atoms with Crippen molar-refractivity contribution in [2.24, 2.45) is 0 Å². The van der Waals surface area contributed by atoms with Gasteiger partial charge in [-0.3, -0.25) is 4.57 Å². The summed E-state index contributed by atoms with van der Waals surface area (Å²) in [6.45, 7) is 17.5. The monoisotopic (exact) mass is 543 g/mol. The number of ether oxygens (including phenoxy) is 2. The number of halogens is 2. The molecule has 1 amide bonds. The summed E-state index contributed by atoms with van der Waals surface area (Å²) in [5, 5.41) is 0.881. The average molecular weight is 544 g/mol. The fraction of sp³-hybridized carbons (Fsp3) is 0.600. The van der Waals surface area contributed by atoms with Crippen LogP contribution in [-0.2, 0) is 16.2 Å². The Labute approximate surface area is 219 Å². The fourth-order valence-electron chi connectivity index (χ4n) is 3.82. The summed E-state index contributed by atoms with van der Waals surface area (Å²) in [5.74, 6) is -0.0196. The van der Waals surface area contributed by atoms with Gasteiger partial charge in [0.25, 0.3) is 0 Å². The molecule has 0 aliphatic carbocycles. The zero-order chi connectivity index (χ0) is 26.5. The largest absolute Gasteiger partial charge is 0.433 e. The van der Waals surface area contributed by atoms with Gasteiger partial charge in [-0.15, -0.1) is 11.8 Å². The van der Waals surface area contributed by atoms with Gasteiger partial charge in [0.1, 0.15) is 12.5 Å². The van der Waals surface area contributed by atoms with Crippen molar-refractivity contribution in [1.82, 2.24) is 14.5 Å². The van der Waals surface area contributed by atoms with E-state index >= 15 is 0 Å². The molecule has 0 fully saturated rings. The fourth-order valence-corrected chi connectivity index (χ4v) is 5.47. The Hall–Kier alpha value is -1.55. The molecule has 0 aliphatic heterocycles. The Kier molecular flexibility index (Phi) is 10.7. The van der Waals surface area contributed by atoms with Crippen molar-refractivity contribution >= 4 is 37.5 Å². The molecule has 35 heavy (non-hydrogen) atoms. The van der Waals surface area contributed by atoms with E-state index in [4.69, 9.17) is 26.1 Å². The molecule has 0 saturated heterocycles. The third-order valence-corrected chi connectivity index (χ3v) is 8.44. The van der Waals surface area contributed by atoms with Gasteiger partial charge in [0.15, 0.2) is 11.9 Å². The van der Waals surface area contributed by atoms with Crippen molar-refractivity contribution in [3.05, 3.63) is 46.1 Å². The first kappa shape index (κ1) is 29.7. The molecule has 0 saturated carbocycles. The number of hydrogen-bond donors (Lipinski definition) is 0. The molecule has 0 N–H and O–H groups in total.